The van der Waals surface area contributed by atoms with Gasteiger partial charge >= 0.3 is 5.97 Å². The molecule has 0 aliphatic heterocycles. The molecule has 0 fully saturated rings. The summed E-state index contributed by atoms with van der Waals surface area (Å²) in [4.78, 5) is 25.6. The smallest absolute Gasteiger partial charge is 0.343 e. The van der Waals surface area contributed by atoms with Gasteiger partial charge in [0.1, 0.15) is 17.1 Å². The number of methoxy groups -OCH3 is 2. The lowest BCUT2D eigenvalue weighted by Crippen LogP contribution is -2.10. The number of carbonyl (C=O) groups excluding carboxylic acids is 1. The van der Waals surface area contributed by atoms with Gasteiger partial charge in [0.25, 0.3) is 0 Å². The zero-order chi connectivity index (χ0) is 22.0. The number of benzene rings is 3. The van der Waals surface area contributed by atoms with Crippen LogP contribution in [0.4, 0.5) is 0 Å². The minimum Gasteiger partial charge on any atom is -0.493 e. The zero-order valence-electron chi connectivity index (χ0n) is 17.3. The van der Waals surface area contributed by atoms with E-state index in [9.17, 15) is 9.59 Å². The first-order valence-corrected chi connectivity index (χ1v) is 9.59. The highest BCUT2D eigenvalue weighted by atomic mass is 16.5. The van der Waals surface area contributed by atoms with E-state index in [1.165, 1.54) is 20.3 Å². The molecule has 0 saturated heterocycles. The van der Waals surface area contributed by atoms with Crippen LogP contribution < -0.4 is 19.6 Å². The molecular formula is C25H20O6. The normalized spacial score (nSPS) is 10.7. The Hall–Kier alpha value is -4.06. The highest BCUT2D eigenvalue weighted by molar-refractivity contribution is 5.92. The van der Waals surface area contributed by atoms with Crippen LogP contribution in [0.5, 0.6) is 17.2 Å². The molecule has 156 valence electrons. The highest BCUT2D eigenvalue weighted by Gasteiger charge is 2.16. The average Bonchev–Trinajstić information content (AvgIpc) is 2.79. The monoisotopic (exact) mass is 416 g/mol. The van der Waals surface area contributed by atoms with E-state index in [1.807, 2.05) is 30.3 Å². The maximum Gasteiger partial charge on any atom is 0.343 e. The third-order valence-corrected chi connectivity index (χ3v) is 4.93. The van der Waals surface area contributed by atoms with E-state index in [4.69, 9.17) is 18.6 Å². The first-order chi connectivity index (χ1) is 15.0. The van der Waals surface area contributed by atoms with Gasteiger partial charge in [0.05, 0.1) is 30.7 Å². The van der Waals surface area contributed by atoms with Crippen LogP contribution in [0.3, 0.4) is 0 Å². The number of hydrogen-bond donors (Lipinski definition) is 0. The maximum atomic E-state index is 13.0. The molecule has 1 aromatic heterocycles. The molecule has 0 atom stereocenters. The Kier molecular flexibility index (Phi) is 5.45. The van der Waals surface area contributed by atoms with Gasteiger partial charge in [0.15, 0.2) is 11.5 Å². The number of esters is 1. The van der Waals surface area contributed by atoms with Crippen LogP contribution in [0.25, 0.3) is 22.1 Å². The number of carbonyl (C=O) groups is 1. The molecule has 6 nitrogen and oxygen atoms in total. The van der Waals surface area contributed by atoms with Gasteiger partial charge in [0.2, 0.25) is 5.43 Å². The summed E-state index contributed by atoms with van der Waals surface area (Å²) in [5.41, 5.74) is 1.82. The number of hydrogen-bond acceptors (Lipinski definition) is 6. The van der Waals surface area contributed by atoms with Crippen molar-refractivity contribution in [2.45, 2.75) is 6.92 Å². The minimum atomic E-state index is -0.569. The van der Waals surface area contributed by atoms with E-state index in [-0.39, 0.29) is 11.2 Å². The van der Waals surface area contributed by atoms with Crippen molar-refractivity contribution >= 4 is 16.9 Å². The molecule has 4 rings (SSSR count). The summed E-state index contributed by atoms with van der Waals surface area (Å²) in [7, 11) is 3.01. The molecule has 1 heterocycles. The summed E-state index contributed by atoms with van der Waals surface area (Å²) in [5, 5.41) is 0.412. The van der Waals surface area contributed by atoms with Crippen molar-refractivity contribution < 1.29 is 23.4 Å². The van der Waals surface area contributed by atoms with Crippen LogP contribution in [0.2, 0.25) is 0 Å². The summed E-state index contributed by atoms with van der Waals surface area (Å²) in [6.45, 7) is 1.74. The minimum absolute atomic E-state index is 0.136. The summed E-state index contributed by atoms with van der Waals surface area (Å²) in [6, 6.07) is 18.8. The van der Waals surface area contributed by atoms with Crippen molar-refractivity contribution in [3.63, 3.8) is 0 Å². The van der Waals surface area contributed by atoms with Gasteiger partial charge in [-0.2, -0.15) is 0 Å². The molecule has 0 spiro atoms. The van der Waals surface area contributed by atoms with E-state index in [2.05, 4.69) is 0 Å². The van der Waals surface area contributed by atoms with Crippen molar-refractivity contribution in [3.8, 4) is 28.4 Å². The standard InChI is InChI=1S/C25H20O6/c1-15-23(16-7-5-4-6-8-16)24(26)19-11-10-18(14-21(19)30-15)31-25(27)17-9-12-20(28-2)22(13-17)29-3/h4-14H,1-3H3. The predicted octanol–water partition coefficient (Wildman–Crippen LogP) is 5.00. The Balaban J connectivity index is 1.67. The lowest BCUT2D eigenvalue weighted by Gasteiger charge is -2.10. The molecule has 0 N–H and O–H groups in total. The fourth-order valence-electron chi connectivity index (χ4n) is 3.42. The van der Waals surface area contributed by atoms with Gasteiger partial charge < -0.3 is 18.6 Å². The van der Waals surface area contributed by atoms with Gasteiger partial charge in [-0.05, 0) is 42.8 Å². The van der Waals surface area contributed by atoms with Crippen molar-refractivity contribution in [3.05, 3.63) is 88.3 Å². The van der Waals surface area contributed by atoms with Crippen LogP contribution in [0.1, 0.15) is 16.1 Å². The van der Waals surface area contributed by atoms with Crippen molar-refractivity contribution in [2.75, 3.05) is 14.2 Å². The Bertz CT molecular complexity index is 1320. The van der Waals surface area contributed by atoms with E-state index in [0.717, 1.165) is 5.56 Å². The molecule has 0 aliphatic rings. The Labute approximate surface area is 178 Å². The third kappa shape index (κ3) is 3.88. The number of fused-ring (bicyclic) bond motifs is 1. The van der Waals surface area contributed by atoms with E-state index >= 15 is 0 Å². The number of aryl methyl sites for hydroxylation is 1. The summed E-state index contributed by atoms with van der Waals surface area (Å²) in [5.74, 6) is 1.12. The topological polar surface area (TPSA) is 75.0 Å². The molecule has 0 aliphatic carbocycles. The second-order valence-corrected chi connectivity index (χ2v) is 6.85. The first kappa shape index (κ1) is 20.2. The SMILES string of the molecule is COc1ccc(C(=O)Oc2ccc3c(=O)c(-c4ccccc4)c(C)oc3c2)cc1OC. The highest BCUT2D eigenvalue weighted by Crippen LogP contribution is 2.29. The molecule has 4 aromatic rings. The molecule has 0 saturated carbocycles. The molecule has 0 amide bonds. The predicted molar refractivity (Wildman–Crippen MR) is 117 cm³/mol. The van der Waals surface area contributed by atoms with Gasteiger partial charge in [-0.15, -0.1) is 0 Å². The first-order valence-electron chi connectivity index (χ1n) is 9.59. The Morgan fingerprint density at radius 2 is 1.61 bits per heavy atom. The molecule has 3 aromatic carbocycles. The van der Waals surface area contributed by atoms with Crippen molar-refractivity contribution in [2.24, 2.45) is 0 Å². The van der Waals surface area contributed by atoms with Crippen molar-refractivity contribution in [1.82, 2.24) is 0 Å². The summed E-state index contributed by atoms with van der Waals surface area (Å²) < 4.78 is 21.8. The second-order valence-electron chi connectivity index (χ2n) is 6.85. The summed E-state index contributed by atoms with van der Waals surface area (Å²) in [6.07, 6.45) is 0. The average molecular weight is 416 g/mol. The molecular weight excluding hydrogens is 396 g/mol. The number of ether oxygens (including phenoxy) is 3. The lowest BCUT2D eigenvalue weighted by atomic mass is 10.0. The van der Waals surface area contributed by atoms with E-state index < -0.39 is 5.97 Å². The van der Waals surface area contributed by atoms with Crippen LogP contribution >= 0.6 is 0 Å². The van der Waals surface area contributed by atoms with E-state index in [1.54, 1.807) is 37.3 Å². The molecule has 31 heavy (non-hydrogen) atoms. The largest absolute Gasteiger partial charge is 0.493 e. The van der Waals surface area contributed by atoms with Crippen LogP contribution in [-0.4, -0.2) is 20.2 Å². The molecule has 0 radical (unpaired) electrons. The number of rotatable bonds is 5. The third-order valence-electron chi connectivity index (χ3n) is 4.93. The molecule has 6 heteroatoms. The van der Waals surface area contributed by atoms with Gasteiger partial charge in [0, 0.05) is 6.07 Å². The van der Waals surface area contributed by atoms with E-state index in [0.29, 0.717) is 39.4 Å². The summed E-state index contributed by atoms with van der Waals surface area (Å²) >= 11 is 0. The quantitative estimate of drug-likeness (QED) is 0.336. The van der Waals surface area contributed by atoms with Crippen LogP contribution in [0, 0.1) is 6.92 Å². The Morgan fingerprint density at radius 3 is 2.32 bits per heavy atom. The maximum absolute atomic E-state index is 13.0. The van der Waals surface area contributed by atoms with Gasteiger partial charge in [-0.25, -0.2) is 4.79 Å². The Morgan fingerprint density at radius 1 is 0.871 bits per heavy atom. The van der Waals surface area contributed by atoms with Crippen LogP contribution in [0.15, 0.2) is 75.9 Å². The second kappa shape index (κ2) is 8.36. The van der Waals surface area contributed by atoms with Crippen molar-refractivity contribution in [1.29, 1.82) is 0 Å². The zero-order valence-corrected chi connectivity index (χ0v) is 17.3. The lowest BCUT2D eigenvalue weighted by molar-refractivity contribution is 0.0734. The fraction of sp³-hybridized carbons (Fsp3) is 0.120. The fourth-order valence-corrected chi connectivity index (χ4v) is 3.42. The molecule has 0 bridgehead atoms. The van der Waals surface area contributed by atoms with Crippen LogP contribution in [-0.2, 0) is 0 Å². The molecule has 0 unspecified atom stereocenters. The van der Waals surface area contributed by atoms with Gasteiger partial charge in [-0.1, -0.05) is 30.3 Å². The van der Waals surface area contributed by atoms with Gasteiger partial charge in [-0.3, -0.25) is 4.79 Å².